The van der Waals surface area contributed by atoms with E-state index >= 15 is 0 Å². The van der Waals surface area contributed by atoms with Crippen molar-refractivity contribution in [2.45, 2.75) is 51.0 Å². The minimum absolute atomic E-state index is 0.577. The van der Waals surface area contributed by atoms with E-state index in [4.69, 9.17) is 4.74 Å². The molecule has 1 fully saturated rings. The van der Waals surface area contributed by atoms with Crippen LogP contribution in [0.15, 0.2) is 18.3 Å². The highest BCUT2D eigenvalue weighted by Gasteiger charge is 2.13. The van der Waals surface area contributed by atoms with Crippen LogP contribution in [-0.4, -0.2) is 18.1 Å². The van der Waals surface area contributed by atoms with Gasteiger partial charge in [0.05, 0.1) is 12.8 Å². The van der Waals surface area contributed by atoms with Gasteiger partial charge in [-0.15, -0.1) is 0 Å². The molecule has 0 bridgehead atoms. The lowest BCUT2D eigenvalue weighted by atomic mass is 9.96. The molecule has 1 N–H and O–H groups in total. The van der Waals surface area contributed by atoms with Crippen molar-refractivity contribution in [3.8, 4) is 5.88 Å². The van der Waals surface area contributed by atoms with Gasteiger partial charge >= 0.3 is 0 Å². The van der Waals surface area contributed by atoms with Crippen molar-refractivity contribution in [1.82, 2.24) is 4.98 Å². The zero-order valence-corrected chi connectivity index (χ0v) is 10.6. The zero-order chi connectivity index (χ0) is 11.9. The Morgan fingerprint density at radius 3 is 2.59 bits per heavy atom. The molecule has 3 nitrogen and oxygen atoms in total. The predicted octanol–water partition coefficient (Wildman–Crippen LogP) is 3.62. The molecule has 1 saturated carbocycles. The third-order valence-electron chi connectivity index (χ3n) is 3.43. The van der Waals surface area contributed by atoms with Crippen molar-refractivity contribution in [2.24, 2.45) is 0 Å². The summed E-state index contributed by atoms with van der Waals surface area (Å²) in [5.74, 6) is 0.703. The summed E-state index contributed by atoms with van der Waals surface area (Å²) in [7, 11) is 1.67. The van der Waals surface area contributed by atoms with Crippen molar-refractivity contribution in [1.29, 1.82) is 0 Å². The number of anilines is 1. The Bertz CT molecular complexity index is 333. The summed E-state index contributed by atoms with van der Waals surface area (Å²) < 4.78 is 5.27. The van der Waals surface area contributed by atoms with Gasteiger partial charge in [0, 0.05) is 12.2 Å². The van der Waals surface area contributed by atoms with E-state index in [1.54, 1.807) is 13.3 Å². The number of ether oxygens (including phenoxy) is 1. The molecule has 2 rings (SSSR count). The van der Waals surface area contributed by atoms with Gasteiger partial charge in [0.1, 0.15) is 0 Å². The van der Waals surface area contributed by atoms with Crippen LogP contribution in [0.25, 0.3) is 0 Å². The minimum atomic E-state index is 0.577. The van der Waals surface area contributed by atoms with Gasteiger partial charge in [0.2, 0.25) is 5.88 Å². The third kappa shape index (κ3) is 3.62. The summed E-state index contributed by atoms with van der Waals surface area (Å²) >= 11 is 0. The second-order valence-electron chi connectivity index (χ2n) is 4.75. The summed E-state index contributed by atoms with van der Waals surface area (Å²) in [6.45, 7) is 0. The van der Waals surface area contributed by atoms with Gasteiger partial charge in [-0.3, -0.25) is 0 Å². The van der Waals surface area contributed by atoms with Crippen LogP contribution in [0.5, 0.6) is 5.88 Å². The number of pyridine rings is 1. The lowest BCUT2D eigenvalue weighted by Gasteiger charge is -2.22. The van der Waals surface area contributed by atoms with Crippen LogP contribution in [0, 0.1) is 0 Å². The first-order valence-corrected chi connectivity index (χ1v) is 6.65. The average Bonchev–Trinajstić information content (AvgIpc) is 2.33. The Morgan fingerprint density at radius 1 is 1.18 bits per heavy atom. The van der Waals surface area contributed by atoms with Crippen LogP contribution < -0.4 is 10.1 Å². The molecule has 0 atom stereocenters. The van der Waals surface area contributed by atoms with Crippen LogP contribution in [-0.2, 0) is 0 Å². The van der Waals surface area contributed by atoms with Gasteiger partial charge in [-0.2, -0.15) is 0 Å². The Balaban J connectivity index is 1.97. The number of nitrogens with one attached hydrogen (secondary N) is 1. The van der Waals surface area contributed by atoms with Gasteiger partial charge in [-0.1, -0.05) is 32.1 Å². The van der Waals surface area contributed by atoms with Crippen molar-refractivity contribution in [3.63, 3.8) is 0 Å². The number of nitrogens with zero attached hydrogens (tertiary/aromatic N) is 1. The summed E-state index contributed by atoms with van der Waals surface area (Å²) in [5.41, 5.74) is 1.03. The molecule has 0 aromatic carbocycles. The average molecular weight is 234 g/mol. The molecule has 94 valence electrons. The number of hydrogen-bond donors (Lipinski definition) is 1. The minimum Gasteiger partial charge on any atom is -0.480 e. The molecule has 3 heteroatoms. The summed E-state index contributed by atoms with van der Waals surface area (Å²) in [4.78, 5) is 4.22. The van der Waals surface area contributed by atoms with Crippen LogP contribution in [0.2, 0.25) is 0 Å². The fourth-order valence-corrected chi connectivity index (χ4v) is 2.48. The second-order valence-corrected chi connectivity index (χ2v) is 4.75. The molecule has 1 heterocycles. The Labute approximate surface area is 104 Å². The van der Waals surface area contributed by atoms with Gasteiger partial charge in [0.25, 0.3) is 0 Å². The molecule has 1 aliphatic carbocycles. The number of rotatable bonds is 3. The molecule has 0 saturated heterocycles. The van der Waals surface area contributed by atoms with Crippen LogP contribution in [0.4, 0.5) is 5.69 Å². The monoisotopic (exact) mass is 234 g/mol. The first-order valence-electron chi connectivity index (χ1n) is 6.65. The molecule has 0 aliphatic heterocycles. The normalized spacial score (nSPS) is 18.2. The van der Waals surface area contributed by atoms with E-state index < -0.39 is 0 Å². The zero-order valence-electron chi connectivity index (χ0n) is 10.6. The second kappa shape index (κ2) is 6.48. The van der Waals surface area contributed by atoms with E-state index in [1.807, 2.05) is 12.1 Å². The SMILES string of the molecule is COc1ncccc1NC1CCCCCCC1. The molecule has 1 aliphatic rings. The van der Waals surface area contributed by atoms with E-state index in [1.165, 1.54) is 44.9 Å². The highest BCUT2D eigenvalue weighted by molar-refractivity contribution is 5.52. The molecule has 1 aromatic rings. The maximum absolute atomic E-state index is 5.27. The van der Waals surface area contributed by atoms with Gasteiger partial charge < -0.3 is 10.1 Å². The topological polar surface area (TPSA) is 34.1 Å². The maximum Gasteiger partial charge on any atom is 0.237 e. The first-order chi connectivity index (χ1) is 8.40. The van der Waals surface area contributed by atoms with Crippen LogP contribution in [0.3, 0.4) is 0 Å². The van der Waals surface area contributed by atoms with E-state index in [-0.39, 0.29) is 0 Å². The maximum atomic E-state index is 5.27. The van der Waals surface area contributed by atoms with Crippen molar-refractivity contribution < 1.29 is 4.74 Å². The van der Waals surface area contributed by atoms with Crippen LogP contribution in [0.1, 0.15) is 44.9 Å². The van der Waals surface area contributed by atoms with E-state index in [2.05, 4.69) is 10.3 Å². The molecule has 0 amide bonds. The van der Waals surface area contributed by atoms with Crippen molar-refractivity contribution in [2.75, 3.05) is 12.4 Å². The number of aromatic nitrogens is 1. The fourth-order valence-electron chi connectivity index (χ4n) is 2.48. The Kier molecular flexibility index (Phi) is 4.65. The van der Waals surface area contributed by atoms with Gasteiger partial charge in [0.15, 0.2) is 0 Å². The summed E-state index contributed by atoms with van der Waals surface area (Å²) in [6, 6.07) is 4.58. The van der Waals surface area contributed by atoms with E-state index in [9.17, 15) is 0 Å². The lowest BCUT2D eigenvalue weighted by Crippen LogP contribution is -2.21. The molecule has 1 aromatic heterocycles. The number of hydrogen-bond acceptors (Lipinski definition) is 3. The van der Waals surface area contributed by atoms with Crippen molar-refractivity contribution in [3.05, 3.63) is 18.3 Å². The van der Waals surface area contributed by atoms with E-state index in [0.717, 1.165) is 5.69 Å². The van der Waals surface area contributed by atoms with Gasteiger partial charge in [-0.25, -0.2) is 4.98 Å². The van der Waals surface area contributed by atoms with Crippen LogP contribution >= 0.6 is 0 Å². The quantitative estimate of drug-likeness (QED) is 0.867. The Hall–Kier alpha value is -1.25. The summed E-state index contributed by atoms with van der Waals surface area (Å²) in [5, 5.41) is 3.58. The molecular formula is C14H22N2O. The molecule has 17 heavy (non-hydrogen) atoms. The molecule has 0 unspecified atom stereocenters. The Morgan fingerprint density at radius 2 is 1.88 bits per heavy atom. The van der Waals surface area contributed by atoms with Gasteiger partial charge in [-0.05, 0) is 25.0 Å². The smallest absolute Gasteiger partial charge is 0.237 e. The lowest BCUT2D eigenvalue weighted by molar-refractivity contribution is 0.397. The van der Waals surface area contributed by atoms with Crippen molar-refractivity contribution >= 4 is 5.69 Å². The largest absolute Gasteiger partial charge is 0.480 e. The third-order valence-corrected chi connectivity index (χ3v) is 3.43. The fraction of sp³-hybridized carbons (Fsp3) is 0.643. The first kappa shape index (κ1) is 12.2. The predicted molar refractivity (Wildman–Crippen MR) is 70.5 cm³/mol. The molecule has 0 spiro atoms. The standard InChI is InChI=1S/C14H22N2O/c1-17-14-13(10-7-11-15-14)16-12-8-5-3-2-4-6-9-12/h7,10-12,16H,2-6,8-9H2,1H3. The van der Waals surface area contributed by atoms with E-state index in [0.29, 0.717) is 11.9 Å². The highest BCUT2D eigenvalue weighted by atomic mass is 16.5. The highest BCUT2D eigenvalue weighted by Crippen LogP contribution is 2.25. The molecular weight excluding hydrogens is 212 g/mol. The molecule has 0 radical (unpaired) electrons. The number of methoxy groups -OCH3 is 1. The summed E-state index contributed by atoms with van der Waals surface area (Å²) in [6.07, 6.45) is 11.1.